The van der Waals surface area contributed by atoms with Gasteiger partial charge in [-0.1, -0.05) is 36.4 Å². The maximum absolute atomic E-state index is 12.6. The average molecular weight is 482 g/mol. The molecular weight excluding hydrogens is 442 g/mol. The molecule has 1 unspecified atom stereocenters. The molecule has 1 aromatic heterocycles. The number of carbonyl (C=O) groups is 1. The molecule has 0 bridgehead atoms. The Morgan fingerprint density at radius 1 is 1.29 bits per heavy atom. The molecule has 2 aliphatic rings. The standard InChI is InChI=1S/C28H39N3O4/c1-21(34-2)20-35-28(27(32)33,24-8-4-3-5-9-24)15-18-31-17-14-22(19-31)10-12-25-13-11-23-7-6-16-29-26(23)30-25/h3-5,8-9,11,13,21-22H,6-7,10,12,14-20H2,1-2H3,(H,29,30)(H,32,33)/t21?,22-,28-/m1/s1. The first-order chi connectivity index (χ1) is 17.0. The number of methoxy groups -OCH3 is 1. The highest BCUT2D eigenvalue weighted by Gasteiger charge is 2.42. The Labute approximate surface area is 208 Å². The molecule has 1 fully saturated rings. The summed E-state index contributed by atoms with van der Waals surface area (Å²) < 4.78 is 11.4. The Bertz CT molecular complexity index is 970. The van der Waals surface area contributed by atoms with Crippen LogP contribution in [0.4, 0.5) is 5.82 Å². The van der Waals surface area contributed by atoms with Crippen LogP contribution in [0.25, 0.3) is 0 Å². The van der Waals surface area contributed by atoms with E-state index in [0.29, 0.717) is 24.4 Å². The summed E-state index contributed by atoms with van der Waals surface area (Å²) in [6.07, 6.45) is 5.73. The molecule has 2 N–H and O–H groups in total. The van der Waals surface area contributed by atoms with Crippen molar-refractivity contribution >= 4 is 11.8 Å². The molecule has 0 aliphatic carbocycles. The average Bonchev–Trinajstić information content (AvgIpc) is 3.35. The molecule has 35 heavy (non-hydrogen) atoms. The third-order valence-electron chi connectivity index (χ3n) is 7.46. The van der Waals surface area contributed by atoms with Crippen molar-refractivity contribution < 1.29 is 19.4 Å². The topological polar surface area (TPSA) is 83.9 Å². The Balaban J connectivity index is 1.34. The van der Waals surface area contributed by atoms with Gasteiger partial charge in [0.05, 0.1) is 12.7 Å². The Kier molecular flexibility index (Phi) is 8.76. The molecule has 0 radical (unpaired) electrons. The zero-order chi connectivity index (χ0) is 24.7. The van der Waals surface area contributed by atoms with Crippen LogP contribution in [0.2, 0.25) is 0 Å². The highest BCUT2D eigenvalue weighted by Crippen LogP contribution is 2.32. The van der Waals surface area contributed by atoms with Gasteiger partial charge in [0.15, 0.2) is 5.60 Å². The second kappa shape index (κ2) is 12.0. The smallest absolute Gasteiger partial charge is 0.340 e. The first kappa shape index (κ1) is 25.6. The van der Waals surface area contributed by atoms with E-state index in [1.807, 2.05) is 37.3 Å². The highest BCUT2D eigenvalue weighted by atomic mass is 16.6. The summed E-state index contributed by atoms with van der Waals surface area (Å²) in [5, 5.41) is 13.7. The maximum atomic E-state index is 12.6. The van der Waals surface area contributed by atoms with Crippen molar-refractivity contribution in [2.75, 3.05) is 45.2 Å². The van der Waals surface area contributed by atoms with E-state index in [1.54, 1.807) is 7.11 Å². The number of aryl methyl sites for hydroxylation is 2. The number of rotatable bonds is 12. The van der Waals surface area contributed by atoms with Crippen LogP contribution in [0, 0.1) is 5.92 Å². The zero-order valence-corrected chi connectivity index (χ0v) is 21.0. The molecule has 4 rings (SSSR count). The van der Waals surface area contributed by atoms with E-state index < -0.39 is 11.6 Å². The predicted molar refractivity (Wildman–Crippen MR) is 137 cm³/mol. The quantitative estimate of drug-likeness (QED) is 0.472. The van der Waals surface area contributed by atoms with Crippen LogP contribution in [0.3, 0.4) is 0 Å². The van der Waals surface area contributed by atoms with Crippen LogP contribution in [0.15, 0.2) is 42.5 Å². The lowest BCUT2D eigenvalue weighted by molar-refractivity contribution is -0.174. The molecular formula is C28H39N3O4. The monoisotopic (exact) mass is 481 g/mol. The first-order valence-electron chi connectivity index (χ1n) is 12.9. The largest absolute Gasteiger partial charge is 0.479 e. The predicted octanol–water partition coefficient (Wildman–Crippen LogP) is 4.12. The van der Waals surface area contributed by atoms with Gasteiger partial charge < -0.3 is 24.8 Å². The number of hydrogen-bond acceptors (Lipinski definition) is 6. The number of carboxylic acids is 1. The van der Waals surface area contributed by atoms with Crippen molar-refractivity contribution in [1.82, 2.24) is 9.88 Å². The second-order valence-electron chi connectivity index (χ2n) is 9.94. The van der Waals surface area contributed by atoms with E-state index in [9.17, 15) is 9.90 Å². The summed E-state index contributed by atoms with van der Waals surface area (Å²) in [6, 6.07) is 13.7. The molecule has 1 aromatic carbocycles. The normalized spacial score (nSPS) is 20.6. The van der Waals surface area contributed by atoms with Gasteiger partial charge in [-0.15, -0.1) is 0 Å². The van der Waals surface area contributed by atoms with Crippen LogP contribution >= 0.6 is 0 Å². The molecule has 3 heterocycles. The van der Waals surface area contributed by atoms with E-state index in [0.717, 1.165) is 56.8 Å². The number of anilines is 1. The van der Waals surface area contributed by atoms with Crippen molar-refractivity contribution in [3.63, 3.8) is 0 Å². The number of ether oxygens (including phenoxy) is 2. The number of aromatic nitrogens is 1. The van der Waals surface area contributed by atoms with Gasteiger partial charge >= 0.3 is 5.97 Å². The Hall–Kier alpha value is -2.48. The number of fused-ring (bicyclic) bond motifs is 1. The van der Waals surface area contributed by atoms with E-state index >= 15 is 0 Å². The first-order valence-corrected chi connectivity index (χ1v) is 12.9. The zero-order valence-electron chi connectivity index (χ0n) is 21.0. The van der Waals surface area contributed by atoms with Crippen molar-refractivity contribution in [3.05, 3.63) is 59.3 Å². The van der Waals surface area contributed by atoms with Gasteiger partial charge in [0.25, 0.3) is 0 Å². The Morgan fingerprint density at radius 3 is 2.89 bits per heavy atom. The number of benzene rings is 1. The van der Waals surface area contributed by atoms with Crippen molar-refractivity contribution in [2.24, 2.45) is 5.92 Å². The van der Waals surface area contributed by atoms with Crippen LogP contribution in [0.5, 0.6) is 0 Å². The molecule has 2 aromatic rings. The van der Waals surface area contributed by atoms with Gasteiger partial charge in [-0.2, -0.15) is 0 Å². The summed E-state index contributed by atoms with van der Waals surface area (Å²) in [7, 11) is 1.61. The lowest BCUT2D eigenvalue weighted by Gasteiger charge is -2.33. The van der Waals surface area contributed by atoms with Crippen molar-refractivity contribution in [3.8, 4) is 0 Å². The molecule has 0 spiro atoms. The number of hydrogen-bond donors (Lipinski definition) is 2. The lowest BCUT2D eigenvalue weighted by Crippen LogP contribution is -2.43. The van der Waals surface area contributed by atoms with Gasteiger partial charge in [-0.3, -0.25) is 0 Å². The summed E-state index contributed by atoms with van der Waals surface area (Å²) >= 11 is 0. The maximum Gasteiger partial charge on any atom is 0.340 e. The van der Waals surface area contributed by atoms with Gasteiger partial charge in [-0.05, 0) is 68.7 Å². The molecule has 7 nitrogen and oxygen atoms in total. The van der Waals surface area contributed by atoms with Gasteiger partial charge in [-0.25, -0.2) is 9.78 Å². The molecule has 190 valence electrons. The SMILES string of the molecule is COC(C)CO[C@@](CCN1CC[C@@H](CCc2ccc3c(n2)NCCC3)C1)(C(=O)O)c1ccccc1. The lowest BCUT2D eigenvalue weighted by atomic mass is 9.89. The van der Waals surface area contributed by atoms with Gasteiger partial charge in [0.1, 0.15) is 5.82 Å². The number of nitrogens with zero attached hydrogens (tertiary/aromatic N) is 2. The number of carboxylic acid groups (broad SMARTS) is 1. The van der Waals surface area contributed by atoms with Crippen LogP contribution in [-0.2, 0) is 32.7 Å². The number of aliphatic carboxylic acids is 1. The highest BCUT2D eigenvalue weighted by molar-refractivity contribution is 5.79. The number of likely N-dealkylation sites (tertiary alicyclic amines) is 1. The fourth-order valence-electron chi connectivity index (χ4n) is 5.15. The van der Waals surface area contributed by atoms with Crippen LogP contribution in [-0.4, -0.2) is 67.0 Å². The number of pyridine rings is 1. The summed E-state index contributed by atoms with van der Waals surface area (Å²) in [4.78, 5) is 19.8. The number of nitrogens with one attached hydrogen (secondary N) is 1. The summed E-state index contributed by atoms with van der Waals surface area (Å²) in [6.45, 7) is 5.78. The van der Waals surface area contributed by atoms with Crippen molar-refractivity contribution in [1.29, 1.82) is 0 Å². The molecule has 7 heteroatoms. The van der Waals surface area contributed by atoms with Gasteiger partial charge in [0, 0.05) is 38.9 Å². The van der Waals surface area contributed by atoms with E-state index in [2.05, 4.69) is 22.3 Å². The van der Waals surface area contributed by atoms with Crippen LogP contribution in [0.1, 0.15) is 49.4 Å². The third-order valence-corrected chi connectivity index (χ3v) is 7.46. The minimum Gasteiger partial charge on any atom is -0.479 e. The van der Waals surface area contributed by atoms with Gasteiger partial charge in [0.2, 0.25) is 0 Å². The second-order valence-corrected chi connectivity index (χ2v) is 9.94. The summed E-state index contributed by atoms with van der Waals surface area (Å²) in [5.41, 5.74) is 1.78. The fourth-order valence-corrected chi connectivity index (χ4v) is 5.15. The molecule has 0 amide bonds. The molecule has 0 saturated carbocycles. The Morgan fingerprint density at radius 2 is 2.11 bits per heavy atom. The minimum atomic E-state index is -1.38. The summed E-state index contributed by atoms with van der Waals surface area (Å²) in [5.74, 6) is 0.719. The third kappa shape index (κ3) is 6.40. The van der Waals surface area contributed by atoms with Crippen molar-refractivity contribution in [2.45, 2.75) is 57.2 Å². The van der Waals surface area contributed by atoms with E-state index in [4.69, 9.17) is 14.5 Å². The van der Waals surface area contributed by atoms with E-state index in [1.165, 1.54) is 12.0 Å². The fraction of sp³-hybridized carbons (Fsp3) is 0.571. The van der Waals surface area contributed by atoms with Crippen LogP contribution < -0.4 is 5.32 Å². The molecule has 3 atom stereocenters. The molecule has 2 aliphatic heterocycles. The van der Waals surface area contributed by atoms with E-state index in [-0.39, 0.29) is 12.7 Å². The molecule has 1 saturated heterocycles. The minimum absolute atomic E-state index is 0.180.